The molecule has 0 saturated carbocycles. The molecular weight excluding hydrogens is 383 g/mol. The summed E-state index contributed by atoms with van der Waals surface area (Å²) in [5.74, 6) is 0.0561. The fourth-order valence-corrected chi connectivity index (χ4v) is 3.76. The fourth-order valence-electron chi connectivity index (χ4n) is 3.76. The normalized spacial score (nSPS) is 15.6. The third kappa shape index (κ3) is 4.36. The van der Waals surface area contributed by atoms with Crippen LogP contribution in [-0.2, 0) is 0 Å². The van der Waals surface area contributed by atoms with Gasteiger partial charge in [-0.25, -0.2) is 4.98 Å². The van der Waals surface area contributed by atoms with Gasteiger partial charge in [-0.1, -0.05) is 18.2 Å². The van der Waals surface area contributed by atoms with E-state index < -0.39 is 12.8 Å². The molecule has 0 bridgehead atoms. The minimum absolute atomic E-state index is 0.156. The maximum atomic E-state index is 12.7. The van der Waals surface area contributed by atoms with Gasteiger partial charge in [-0.2, -0.15) is 13.2 Å². The van der Waals surface area contributed by atoms with Crippen LogP contribution >= 0.6 is 0 Å². The minimum atomic E-state index is -4.43. The molecule has 1 N–H and O–H groups in total. The number of nitrogens with zero attached hydrogens (tertiary/aromatic N) is 2. The number of ether oxygens (including phenoxy) is 1. The summed E-state index contributed by atoms with van der Waals surface area (Å²) in [6, 6.07) is 10.9. The summed E-state index contributed by atoms with van der Waals surface area (Å²) in [4.78, 5) is 21.6. The molecule has 2 aromatic heterocycles. The Morgan fingerprint density at radius 2 is 1.93 bits per heavy atom. The van der Waals surface area contributed by atoms with Crippen molar-refractivity contribution in [2.75, 3.05) is 19.7 Å². The van der Waals surface area contributed by atoms with E-state index in [0.717, 1.165) is 18.4 Å². The Morgan fingerprint density at radius 3 is 2.62 bits per heavy atom. The first kappa shape index (κ1) is 19.3. The van der Waals surface area contributed by atoms with E-state index in [-0.39, 0.29) is 11.8 Å². The van der Waals surface area contributed by atoms with Crippen molar-refractivity contribution in [1.82, 2.24) is 14.9 Å². The smallest absolute Gasteiger partial charge is 0.422 e. The number of aromatic amines is 1. The number of hydrogen-bond donors (Lipinski definition) is 1. The van der Waals surface area contributed by atoms with Gasteiger partial charge in [0.05, 0.1) is 5.56 Å². The van der Waals surface area contributed by atoms with Gasteiger partial charge < -0.3 is 14.6 Å². The maximum Gasteiger partial charge on any atom is 0.422 e. The highest BCUT2D eigenvalue weighted by Crippen LogP contribution is 2.33. The number of piperidine rings is 1. The van der Waals surface area contributed by atoms with Crippen molar-refractivity contribution in [3.05, 3.63) is 59.9 Å². The number of hydrogen-bond acceptors (Lipinski definition) is 3. The van der Waals surface area contributed by atoms with Gasteiger partial charge in [-0.05, 0) is 36.5 Å². The van der Waals surface area contributed by atoms with Crippen molar-refractivity contribution in [2.45, 2.75) is 24.9 Å². The van der Waals surface area contributed by atoms with Crippen LogP contribution in [0.25, 0.3) is 10.9 Å². The monoisotopic (exact) mass is 403 g/mol. The molecule has 1 saturated heterocycles. The zero-order valence-electron chi connectivity index (χ0n) is 15.6. The van der Waals surface area contributed by atoms with Crippen LogP contribution in [0.2, 0.25) is 0 Å². The number of halogens is 3. The SMILES string of the molecule is O=C(c1ccc(OCC(F)(F)F)nc1)N1CCC(c2c[nH]c3ccccc23)CC1. The number of amides is 1. The zero-order valence-corrected chi connectivity index (χ0v) is 15.6. The van der Waals surface area contributed by atoms with Crippen molar-refractivity contribution < 1.29 is 22.7 Å². The van der Waals surface area contributed by atoms with Gasteiger partial charge in [0, 0.05) is 42.5 Å². The number of benzene rings is 1. The summed E-state index contributed by atoms with van der Waals surface area (Å²) in [5.41, 5.74) is 2.73. The Bertz CT molecular complexity index is 990. The van der Waals surface area contributed by atoms with E-state index in [9.17, 15) is 18.0 Å². The number of aromatic nitrogens is 2. The number of alkyl halides is 3. The van der Waals surface area contributed by atoms with Crippen molar-refractivity contribution in [3.63, 3.8) is 0 Å². The van der Waals surface area contributed by atoms with E-state index in [1.165, 1.54) is 29.3 Å². The molecule has 0 aliphatic carbocycles. The highest BCUT2D eigenvalue weighted by molar-refractivity contribution is 5.94. The van der Waals surface area contributed by atoms with Crippen LogP contribution in [0.3, 0.4) is 0 Å². The lowest BCUT2D eigenvalue weighted by Gasteiger charge is -2.32. The zero-order chi connectivity index (χ0) is 20.4. The second kappa shape index (κ2) is 7.77. The molecule has 3 aromatic rings. The molecule has 3 heterocycles. The van der Waals surface area contributed by atoms with Crippen molar-refractivity contribution in [1.29, 1.82) is 0 Å². The summed E-state index contributed by atoms with van der Waals surface area (Å²) in [7, 11) is 0. The van der Waals surface area contributed by atoms with E-state index in [4.69, 9.17) is 0 Å². The number of nitrogens with one attached hydrogen (secondary N) is 1. The van der Waals surface area contributed by atoms with Crippen LogP contribution in [0.4, 0.5) is 13.2 Å². The van der Waals surface area contributed by atoms with Gasteiger partial charge in [0.15, 0.2) is 6.61 Å². The number of carbonyl (C=O) groups excluding carboxylic acids is 1. The molecule has 8 heteroatoms. The predicted molar refractivity (Wildman–Crippen MR) is 102 cm³/mol. The average Bonchev–Trinajstić information content (AvgIpc) is 3.16. The first-order valence-corrected chi connectivity index (χ1v) is 9.41. The molecule has 29 heavy (non-hydrogen) atoms. The van der Waals surface area contributed by atoms with Crippen LogP contribution < -0.4 is 4.74 Å². The summed E-state index contributed by atoms with van der Waals surface area (Å²) < 4.78 is 41.2. The molecule has 4 rings (SSSR count). The van der Waals surface area contributed by atoms with Gasteiger partial charge in [0.25, 0.3) is 5.91 Å². The summed E-state index contributed by atoms with van der Waals surface area (Å²) in [6.07, 6.45) is 0.600. The van der Waals surface area contributed by atoms with Crippen LogP contribution in [0, 0.1) is 0 Å². The van der Waals surface area contributed by atoms with Crippen LogP contribution in [0.15, 0.2) is 48.8 Å². The fraction of sp³-hybridized carbons (Fsp3) is 0.333. The quantitative estimate of drug-likeness (QED) is 0.697. The van der Waals surface area contributed by atoms with E-state index in [0.29, 0.717) is 24.6 Å². The second-order valence-corrected chi connectivity index (χ2v) is 7.15. The third-order valence-corrected chi connectivity index (χ3v) is 5.21. The molecular formula is C21H20F3N3O2. The topological polar surface area (TPSA) is 58.2 Å². The molecule has 0 spiro atoms. The Labute approximate surface area is 165 Å². The maximum absolute atomic E-state index is 12.7. The minimum Gasteiger partial charge on any atom is -0.468 e. The lowest BCUT2D eigenvalue weighted by molar-refractivity contribution is -0.154. The first-order valence-electron chi connectivity index (χ1n) is 9.41. The summed E-state index contributed by atoms with van der Waals surface area (Å²) in [6.45, 7) is -0.167. The Hall–Kier alpha value is -3.03. The standard InChI is InChI=1S/C21H20F3N3O2/c22-21(23,24)13-29-19-6-5-15(11-26-19)20(28)27-9-7-14(8-10-27)17-12-25-18-4-2-1-3-16(17)18/h1-6,11-12,14,25H,7-10,13H2. The molecule has 1 aliphatic rings. The number of fused-ring (bicyclic) bond motifs is 1. The summed E-state index contributed by atoms with van der Waals surface area (Å²) in [5, 5.41) is 1.22. The van der Waals surface area contributed by atoms with E-state index in [2.05, 4.69) is 27.0 Å². The Kier molecular flexibility index (Phi) is 5.17. The molecule has 5 nitrogen and oxygen atoms in total. The highest BCUT2D eigenvalue weighted by atomic mass is 19.4. The van der Waals surface area contributed by atoms with Crippen LogP contribution in [-0.4, -0.2) is 46.6 Å². The number of para-hydroxylation sites is 1. The molecule has 1 amide bonds. The van der Waals surface area contributed by atoms with Crippen molar-refractivity contribution >= 4 is 16.8 Å². The Balaban J connectivity index is 1.36. The molecule has 1 aliphatic heterocycles. The van der Waals surface area contributed by atoms with Gasteiger partial charge in [0.2, 0.25) is 5.88 Å². The van der Waals surface area contributed by atoms with Crippen molar-refractivity contribution in [2.24, 2.45) is 0 Å². The number of rotatable bonds is 4. The van der Waals surface area contributed by atoms with Gasteiger partial charge in [-0.15, -0.1) is 0 Å². The summed E-state index contributed by atoms with van der Waals surface area (Å²) >= 11 is 0. The predicted octanol–water partition coefficient (Wildman–Crippen LogP) is 4.52. The largest absolute Gasteiger partial charge is 0.468 e. The molecule has 0 radical (unpaired) electrons. The lowest BCUT2D eigenvalue weighted by Crippen LogP contribution is -2.37. The number of likely N-dealkylation sites (tertiary alicyclic amines) is 1. The third-order valence-electron chi connectivity index (χ3n) is 5.21. The average molecular weight is 403 g/mol. The van der Waals surface area contributed by atoms with Crippen molar-refractivity contribution in [3.8, 4) is 5.88 Å². The van der Waals surface area contributed by atoms with Gasteiger partial charge in [0.1, 0.15) is 0 Å². The van der Waals surface area contributed by atoms with Gasteiger partial charge >= 0.3 is 6.18 Å². The highest BCUT2D eigenvalue weighted by Gasteiger charge is 2.29. The number of carbonyl (C=O) groups is 1. The van der Waals surface area contributed by atoms with E-state index in [1.54, 1.807) is 4.90 Å². The van der Waals surface area contributed by atoms with E-state index in [1.807, 2.05) is 18.2 Å². The number of pyridine rings is 1. The Morgan fingerprint density at radius 1 is 1.17 bits per heavy atom. The van der Waals surface area contributed by atoms with Crippen LogP contribution in [0.5, 0.6) is 5.88 Å². The van der Waals surface area contributed by atoms with Gasteiger partial charge in [-0.3, -0.25) is 4.79 Å². The van der Waals surface area contributed by atoms with E-state index >= 15 is 0 Å². The lowest BCUT2D eigenvalue weighted by atomic mass is 9.89. The second-order valence-electron chi connectivity index (χ2n) is 7.15. The molecule has 0 unspecified atom stereocenters. The molecule has 152 valence electrons. The molecule has 1 aromatic carbocycles. The molecule has 0 atom stereocenters. The first-order chi connectivity index (χ1) is 13.9. The molecule has 1 fully saturated rings. The number of H-pyrrole nitrogens is 1. The van der Waals surface area contributed by atoms with Crippen LogP contribution in [0.1, 0.15) is 34.7 Å².